The second-order valence-electron chi connectivity index (χ2n) is 2.57. The summed E-state index contributed by atoms with van der Waals surface area (Å²) in [6.45, 7) is 4.95. The molecule has 0 radical (unpaired) electrons. The molecule has 3 N–H and O–H groups in total. The number of hydrazone groups is 1. The molecule has 5 heteroatoms. The highest BCUT2D eigenvalue weighted by molar-refractivity contribution is 5.85. The van der Waals surface area contributed by atoms with Crippen LogP contribution >= 0.6 is 0 Å². The zero-order valence-corrected chi connectivity index (χ0v) is 8.87. The van der Waals surface area contributed by atoms with Crippen molar-refractivity contribution in [2.45, 2.75) is 6.92 Å². The van der Waals surface area contributed by atoms with Crippen LogP contribution in [0.2, 0.25) is 0 Å². The first kappa shape index (κ1) is 13.1. The number of nitrogens with one attached hydrogen (secondary N) is 1. The van der Waals surface area contributed by atoms with Gasteiger partial charge in [-0.05, 0) is 18.6 Å². The Bertz CT molecular complexity index is 326. The second kappa shape index (κ2) is 7.49. The first-order chi connectivity index (χ1) is 7.10. The molecule has 0 saturated heterocycles. The van der Waals surface area contributed by atoms with E-state index in [1.165, 1.54) is 19.3 Å². The Morgan fingerprint density at radius 2 is 2.20 bits per heavy atom. The minimum Gasteiger partial charge on any atom is -0.369 e. The van der Waals surface area contributed by atoms with Crippen LogP contribution in [0.3, 0.4) is 0 Å². The van der Waals surface area contributed by atoms with Crippen molar-refractivity contribution in [1.82, 2.24) is 5.43 Å². The highest BCUT2D eigenvalue weighted by Crippen LogP contribution is 2.01. The fourth-order valence-electron chi connectivity index (χ4n) is 0.725. The van der Waals surface area contributed by atoms with Gasteiger partial charge in [-0.2, -0.15) is 5.10 Å². The SMILES string of the molecule is C=C(F)/C=C(\C=C/C)/C=N/N/C(N)=N\C. The average molecular weight is 210 g/mol. The van der Waals surface area contributed by atoms with Crippen LogP contribution in [-0.2, 0) is 0 Å². The Balaban J connectivity index is 4.49. The van der Waals surface area contributed by atoms with Gasteiger partial charge in [-0.15, -0.1) is 0 Å². The molecule has 15 heavy (non-hydrogen) atoms. The van der Waals surface area contributed by atoms with Gasteiger partial charge in [0.25, 0.3) is 0 Å². The Morgan fingerprint density at radius 3 is 2.67 bits per heavy atom. The number of halogens is 1. The zero-order valence-electron chi connectivity index (χ0n) is 8.87. The summed E-state index contributed by atoms with van der Waals surface area (Å²) >= 11 is 0. The van der Waals surface area contributed by atoms with Crippen molar-refractivity contribution < 1.29 is 4.39 Å². The maximum absolute atomic E-state index is 12.5. The molecule has 0 aromatic heterocycles. The van der Waals surface area contributed by atoms with Gasteiger partial charge < -0.3 is 5.73 Å². The molecule has 0 atom stereocenters. The molecule has 0 bridgehead atoms. The number of rotatable bonds is 4. The van der Waals surface area contributed by atoms with Crippen molar-refractivity contribution in [1.29, 1.82) is 0 Å². The standard InChI is InChI=1S/C10H15FN4/c1-4-5-9(6-8(2)11)7-14-15-10(12)13-3/h4-7H,2H2,1,3H3,(H3,12,13,15)/b5-4-,9-6+,14-7+. The molecular formula is C10H15FN4. The van der Waals surface area contributed by atoms with Crippen LogP contribution in [0.4, 0.5) is 4.39 Å². The molecule has 0 rings (SSSR count). The normalized spacial score (nSPS) is 13.8. The molecule has 0 aliphatic rings. The lowest BCUT2D eigenvalue weighted by Crippen LogP contribution is -2.26. The molecule has 0 aliphatic heterocycles. The Labute approximate surface area is 88.8 Å². The van der Waals surface area contributed by atoms with Gasteiger partial charge in [0.1, 0.15) is 5.83 Å². The second-order valence-corrected chi connectivity index (χ2v) is 2.57. The number of guanidine groups is 1. The van der Waals surface area contributed by atoms with E-state index in [9.17, 15) is 4.39 Å². The number of hydrogen-bond donors (Lipinski definition) is 2. The molecule has 0 spiro atoms. The number of nitrogens with zero attached hydrogens (tertiary/aromatic N) is 2. The van der Waals surface area contributed by atoms with Crippen molar-refractivity contribution in [3.05, 3.63) is 36.2 Å². The lowest BCUT2D eigenvalue weighted by Gasteiger charge is -1.96. The van der Waals surface area contributed by atoms with E-state index >= 15 is 0 Å². The number of hydrogen-bond acceptors (Lipinski definition) is 2. The fourth-order valence-corrected chi connectivity index (χ4v) is 0.725. The smallest absolute Gasteiger partial charge is 0.209 e. The molecule has 0 amide bonds. The van der Waals surface area contributed by atoms with Crippen LogP contribution in [0.1, 0.15) is 6.92 Å². The number of aliphatic imine (C=N–C) groups is 1. The quantitative estimate of drug-likeness (QED) is 0.319. The predicted molar refractivity (Wildman–Crippen MR) is 62.3 cm³/mol. The van der Waals surface area contributed by atoms with E-state index in [0.717, 1.165) is 0 Å². The zero-order chi connectivity index (χ0) is 11.7. The molecule has 0 saturated carbocycles. The Hall–Kier alpha value is -1.91. The fraction of sp³-hybridized carbons (Fsp3) is 0.200. The average Bonchev–Trinajstić information content (AvgIpc) is 2.16. The summed E-state index contributed by atoms with van der Waals surface area (Å²) in [6, 6.07) is 0. The van der Waals surface area contributed by atoms with Gasteiger partial charge >= 0.3 is 0 Å². The molecular weight excluding hydrogens is 195 g/mol. The molecule has 82 valence electrons. The van der Waals surface area contributed by atoms with E-state index in [1.54, 1.807) is 12.2 Å². The molecule has 4 nitrogen and oxygen atoms in total. The molecule has 0 aromatic carbocycles. The van der Waals surface area contributed by atoms with Crippen LogP contribution in [0.15, 0.2) is 46.3 Å². The van der Waals surface area contributed by atoms with Gasteiger partial charge in [0.2, 0.25) is 5.96 Å². The van der Waals surface area contributed by atoms with Crippen molar-refractivity contribution in [3.63, 3.8) is 0 Å². The highest BCUT2D eigenvalue weighted by Gasteiger charge is 1.89. The van der Waals surface area contributed by atoms with Gasteiger partial charge in [0.15, 0.2) is 0 Å². The van der Waals surface area contributed by atoms with Gasteiger partial charge in [-0.3, -0.25) is 4.99 Å². The Kier molecular flexibility index (Phi) is 6.54. The van der Waals surface area contributed by atoms with Crippen LogP contribution in [0, 0.1) is 0 Å². The highest BCUT2D eigenvalue weighted by atomic mass is 19.1. The maximum atomic E-state index is 12.5. The summed E-state index contributed by atoms with van der Waals surface area (Å²) in [7, 11) is 1.53. The predicted octanol–water partition coefficient (Wildman–Crippen LogP) is 1.49. The Morgan fingerprint density at radius 1 is 1.53 bits per heavy atom. The van der Waals surface area contributed by atoms with Gasteiger partial charge in [0.05, 0.1) is 6.21 Å². The summed E-state index contributed by atoms with van der Waals surface area (Å²) in [4.78, 5) is 3.63. The van der Waals surface area contributed by atoms with Gasteiger partial charge in [-0.1, -0.05) is 18.7 Å². The van der Waals surface area contributed by atoms with Crippen molar-refractivity contribution in [3.8, 4) is 0 Å². The molecule has 0 aromatic rings. The third-order valence-corrected chi connectivity index (χ3v) is 1.32. The number of allylic oxidation sites excluding steroid dienone is 5. The summed E-state index contributed by atoms with van der Waals surface area (Å²) < 4.78 is 12.5. The maximum Gasteiger partial charge on any atom is 0.209 e. The molecule has 0 heterocycles. The van der Waals surface area contributed by atoms with E-state index in [4.69, 9.17) is 5.73 Å². The first-order valence-corrected chi connectivity index (χ1v) is 4.30. The van der Waals surface area contributed by atoms with Crippen LogP contribution in [-0.4, -0.2) is 19.2 Å². The van der Waals surface area contributed by atoms with E-state index in [0.29, 0.717) is 5.57 Å². The lowest BCUT2D eigenvalue weighted by atomic mass is 10.2. The minimum atomic E-state index is -0.535. The van der Waals surface area contributed by atoms with E-state index in [2.05, 4.69) is 22.1 Å². The molecule has 0 unspecified atom stereocenters. The van der Waals surface area contributed by atoms with E-state index < -0.39 is 5.83 Å². The third-order valence-electron chi connectivity index (χ3n) is 1.32. The van der Waals surface area contributed by atoms with Crippen LogP contribution < -0.4 is 11.2 Å². The summed E-state index contributed by atoms with van der Waals surface area (Å²) in [5.41, 5.74) is 8.37. The topological polar surface area (TPSA) is 62.8 Å². The first-order valence-electron chi connectivity index (χ1n) is 4.30. The summed E-state index contributed by atoms with van der Waals surface area (Å²) in [5, 5.41) is 3.76. The van der Waals surface area contributed by atoms with Crippen LogP contribution in [0.5, 0.6) is 0 Å². The van der Waals surface area contributed by atoms with E-state index in [-0.39, 0.29) is 5.96 Å². The monoisotopic (exact) mass is 210 g/mol. The largest absolute Gasteiger partial charge is 0.369 e. The van der Waals surface area contributed by atoms with Gasteiger partial charge in [0, 0.05) is 7.05 Å². The van der Waals surface area contributed by atoms with Crippen molar-refractivity contribution >= 4 is 12.2 Å². The van der Waals surface area contributed by atoms with Crippen LogP contribution in [0.25, 0.3) is 0 Å². The van der Waals surface area contributed by atoms with Crippen molar-refractivity contribution in [2.24, 2.45) is 15.8 Å². The molecule has 0 aliphatic carbocycles. The van der Waals surface area contributed by atoms with Gasteiger partial charge in [-0.25, -0.2) is 9.82 Å². The van der Waals surface area contributed by atoms with E-state index in [1.807, 2.05) is 6.92 Å². The lowest BCUT2D eigenvalue weighted by molar-refractivity contribution is 0.671. The molecule has 0 fully saturated rings. The minimum absolute atomic E-state index is 0.185. The third kappa shape index (κ3) is 7.18. The summed E-state index contributed by atoms with van der Waals surface area (Å²) in [5.74, 6) is -0.350. The van der Waals surface area contributed by atoms with Crippen molar-refractivity contribution in [2.75, 3.05) is 7.05 Å². The number of nitrogens with two attached hydrogens (primary N) is 1. The summed E-state index contributed by atoms with van der Waals surface area (Å²) in [6.07, 6.45) is 6.13.